The second kappa shape index (κ2) is 10.6. The van der Waals surface area contributed by atoms with Gasteiger partial charge in [-0.05, 0) is 46.0 Å². The van der Waals surface area contributed by atoms with Crippen LogP contribution < -0.4 is 11.1 Å². The minimum Gasteiger partial charge on any atom is -0.460 e. The molecule has 2 saturated heterocycles. The second-order valence-corrected chi connectivity index (χ2v) is 8.88. The Kier molecular flexibility index (Phi) is 8.70. The molecule has 2 aliphatic rings. The van der Waals surface area contributed by atoms with E-state index in [4.69, 9.17) is 19.8 Å². The van der Waals surface area contributed by atoms with Gasteiger partial charge in [0.15, 0.2) is 0 Å². The third-order valence-corrected chi connectivity index (χ3v) is 5.77. The Bertz CT molecular complexity index is 623. The van der Waals surface area contributed by atoms with Gasteiger partial charge in [0.1, 0.15) is 12.6 Å². The Morgan fingerprint density at radius 3 is 2.34 bits per heavy atom. The van der Waals surface area contributed by atoms with Crippen LogP contribution in [-0.2, 0) is 25.4 Å². The van der Waals surface area contributed by atoms with Crippen LogP contribution >= 0.6 is 0 Å². The first kappa shape index (κ1) is 23.9. The highest BCUT2D eigenvalue weighted by Gasteiger charge is 2.50. The molecule has 2 atom stereocenters. The lowest BCUT2D eigenvalue weighted by atomic mass is 9.82. The van der Waals surface area contributed by atoms with Crippen LogP contribution in [0.5, 0.6) is 0 Å². The summed E-state index contributed by atoms with van der Waals surface area (Å²) in [5, 5.41) is 3.04. The number of esters is 1. The fourth-order valence-electron chi connectivity index (χ4n) is 3.23. The monoisotopic (exact) mass is 404 g/mol. The molecule has 29 heavy (non-hydrogen) atoms. The lowest BCUT2D eigenvalue weighted by molar-refractivity contribution is -0.147. The van der Waals surface area contributed by atoms with Crippen LogP contribution in [0.3, 0.4) is 0 Å². The topological polar surface area (TPSA) is 82.8 Å². The van der Waals surface area contributed by atoms with Crippen molar-refractivity contribution in [3.63, 3.8) is 0 Å². The molecule has 0 amide bonds. The van der Waals surface area contributed by atoms with Crippen molar-refractivity contribution in [1.29, 1.82) is 0 Å². The molecule has 0 aromatic heterocycles. The highest BCUT2D eigenvalue weighted by Crippen LogP contribution is 2.37. The van der Waals surface area contributed by atoms with E-state index in [-0.39, 0.29) is 36.4 Å². The lowest BCUT2D eigenvalue weighted by Crippen LogP contribution is -2.41. The maximum Gasteiger partial charge on any atom is 0.457 e. The fraction of sp³-hybridized carbons (Fsp3) is 0.682. The highest BCUT2D eigenvalue weighted by atomic mass is 16.7. The maximum atomic E-state index is 11.6. The Morgan fingerprint density at radius 1 is 1.21 bits per heavy atom. The Hall–Kier alpha value is -1.41. The smallest absolute Gasteiger partial charge is 0.457 e. The number of nitrogens with one attached hydrogen (secondary N) is 1. The van der Waals surface area contributed by atoms with Gasteiger partial charge in [0.25, 0.3) is 0 Å². The molecule has 0 radical (unpaired) electrons. The van der Waals surface area contributed by atoms with Crippen molar-refractivity contribution in [2.24, 2.45) is 5.73 Å². The lowest BCUT2D eigenvalue weighted by Gasteiger charge is -2.32. The van der Waals surface area contributed by atoms with E-state index < -0.39 is 0 Å². The quantitative estimate of drug-likeness (QED) is 0.559. The maximum absolute atomic E-state index is 11.6. The summed E-state index contributed by atoms with van der Waals surface area (Å²) in [6, 6.07) is 9.47. The number of hydrogen-bond donors (Lipinski definition) is 2. The summed E-state index contributed by atoms with van der Waals surface area (Å²) in [6.07, 6.45) is 4.05. The zero-order chi connectivity index (χ0) is 21.5. The van der Waals surface area contributed by atoms with Gasteiger partial charge >= 0.3 is 13.1 Å². The SMILES string of the molecule is CCCCB1OC(C)(C)C(C)(C)O1.NC1CNC(C(=O)OCc2ccccc2)C1. The zero-order valence-corrected chi connectivity index (χ0v) is 18.6. The molecule has 2 unspecified atom stereocenters. The minimum atomic E-state index is -0.237. The molecule has 6 nitrogen and oxygen atoms in total. The van der Waals surface area contributed by atoms with Gasteiger partial charge in [-0.2, -0.15) is 0 Å². The summed E-state index contributed by atoms with van der Waals surface area (Å²) in [5.41, 5.74) is 6.38. The standard InChI is InChI=1S/C12H16N2O2.C10H21BO2/c13-10-6-11(14-7-10)12(15)16-8-9-4-2-1-3-5-9;1-6-7-8-11-12-9(2,3)10(4,5)13-11/h1-5,10-11,14H,6-8,13H2;6-8H2,1-5H3. The van der Waals surface area contributed by atoms with Gasteiger partial charge in [-0.25, -0.2) is 0 Å². The van der Waals surface area contributed by atoms with Crippen molar-refractivity contribution in [3.8, 4) is 0 Å². The average Bonchev–Trinajstić information content (AvgIpc) is 3.19. The first-order chi connectivity index (χ1) is 13.6. The van der Waals surface area contributed by atoms with E-state index in [0.717, 1.165) is 11.9 Å². The van der Waals surface area contributed by atoms with Gasteiger partial charge in [-0.1, -0.05) is 50.1 Å². The number of hydrogen-bond acceptors (Lipinski definition) is 6. The van der Waals surface area contributed by atoms with E-state index in [9.17, 15) is 4.79 Å². The molecule has 1 aromatic carbocycles. The van der Waals surface area contributed by atoms with Crippen LogP contribution in [0.15, 0.2) is 30.3 Å². The van der Waals surface area contributed by atoms with E-state index in [2.05, 4.69) is 39.9 Å². The van der Waals surface area contributed by atoms with Crippen LogP contribution in [0.25, 0.3) is 0 Å². The first-order valence-corrected chi connectivity index (χ1v) is 10.7. The first-order valence-electron chi connectivity index (χ1n) is 10.7. The number of carbonyl (C=O) groups excluding carboxylic acids is 1. The molecule has 1 aromatic rings. The van der Waals surface area contributed by atoms with Gasteiger partial charge in [-0.15, -0.1) is 0 Å². The molecule has 162 valence electrons. The van der Waals surface area contributed by atoms with Crippen molar-refractivity contribution >= 4 is 13.1 Å². The molecule has 7 heteroatoms. The number of ether oxygens (including phenoxy) is 1. The van der Waals surface area contributed by atoms with Crippen molar-refractivity contribution < 1.29 is 18.8 Å². The second-order valence-electron chi connectivity index (χ2n) is 8.88. The third kappa shape index (κ3) is 7.10. The van der Waals surface area contributed by atoms with Gasteiger partial charge < -0.3 is 25.1 Å². The summed E-state index contributed by atoms with van der Waals surface area (Å²) < 4.78 is 16.9. The van der Waals surface area contributed by atoms with Gasteiger partial charge in [0.2, 0.25) is 0 Å². The summed E-state index contributed by atoms with van der Waals surface area (Å²) in [4.78, 5) is 11.6. The molecule has 2 aliphatic heterocycles. The van der Waals surface area contributed by atoms with E-state index in [1.807, 2.05) is 30.3 Å². The largest absolute Gasteiger partial charge is 0.460 e. The molecular weight excluding hydrogens is 367 g/mol. The molecular formula is C22H37BN2O4. The predicted molar refractivity (Wildman–Crippen MR) is 116 cm³/mol. The molecule has 3 rings (SSSR count). The van der Waals surface area contributed by atoms with E-state index >= 15 is 0 Å². The summed E-state index contributed by atoms with van der Waals surface area (Å²) in [5.74, 6) is -0.211. The molecule has 0 aliphatic carbocycles. The Labute approximate surface area is 176 Å². The number of carbonyl (C=O) groups is 1. The summed E-state index contributed by atoms with van der Waals surface area (Å²) >= 11 is 0. The predicted octanol–water partition coefficient (Wildman–Crippen LogP) is 3.30. The molecule has 0 bridgehead atoms. The van der Waals surface area contributed by atoms with E-state index in [0.29, 0.717) is 19.6 Å². The number of benzene rings is 1. The summed E-state index contributed by atoms with van der Waals surface area (Å²) in [7, 11) is 0.00458. The van der Waals surface area contributed by atoms with E-state index in [1.165, 1.54) is 12.8 Å². The van der Waals surface area contributed by atoms with E-state index in [1.54, 1.807) is 0 Å². The van der Waals surface area contributed by atoms with Crippen molar-refractivity contribution in [2.45, 2.75) is 90.1 Å². The van der Waals surface area contributed by atoms with Gasteiger partial charge in [0, 0.05) is 12.6 Å². The van der Waals surface area contributed by atoms with Crippen LogP contribution in [0.1, 0.15) is 59.4 Å². The van der Waals surface area contributed by atoms with Crippen LogP contribution in [0, 0.1) is 0 Å². The van der Waals surface area contributed by atoms with Crippen LogP contribution in [-0.4, -0.2) is 42.9 Å². The van der Waals surface area contributed by atoms with Gasteiger partial charge in [0.05, 0.1) is 11.2 Å². The van der Waals surface area contributed by atoms with Crippen molar-refractivity contribution in [2.75, 3.05) is 6.54 Å². The Balaban J connectivity index is 0.000000212. The third-order valence-electron chi connectivity index (χ3n) is 5.77. The fourth-order valence-corrected chi connectivity index (χ4v) is 3.23. The zero-order valence-electron chi connectivity index (χ0n) is 18.6. The van der Waals surface area contributed by atoms with Crippen LogP contribution in [0.4, 0.5) is 0 Å². The normalized spacial score (nSPS) is 24.7. The molecule has 2 heterocycles. The number of unbranched alkanes of at least 4 members (excludes halogenated alkanes) is 1. The molecule has 2 fully saturated rings. The van der Waals surface area contributed by atoms with Crippen molar-refractivity contribution in [3.05, 3.63) is 35.9 Å². The molecule has 0 saturated carbocycles. The molecule has 3 N–H and O–H groups in total. The summed E-state index contributed by atoms with van der Waals surface area (Å²) in [6.45, 7) is 11.6. The number of nitrogens with two attached hydrogens (primary N) is 1. The van der Waals surface area contributed by atoms with Gasteiger partial charge in [-0.3, -0.25) is 4.79 Å². The minimum absolute atomic E-state index is 0.00458. The average molecular weight is 404 g/mol. The van der Waals surface area contributed by atoms with Crippen molar-refractivity contribution in [1.82, 2.24) is 5.32 Å². The van der Waals surface area contributed by atoms with Crippen LogP contribution in [0.2, 0.25) is 6.32 Å². The number of rotatable bonds is 6. The molecule has 0 spiro atoms. The Morgan fingerprint density at radius 2 is 1.83 bits per heavy atom. The highest BCUT2D eigenvalue weighted by molar-refractivity contribution is 6.45.